The van der Waals surface area contributed by atoms with Gasteiger partial charge >= 0.3 is 5.97 Å². The number of esters is 1. The SMILES string of the molecule is CC(=O)CC(CNC(=O)c1c(I)c(C(N)=O)c(I)c(N(C)C(=O)COC(C)=O)c1I)C(C)=O. The molecule has 180 valence electrons. The summed E-state index contributed by atoms with van der Waals surface area (Å²) in [7, 11) is 1.42. The fourth-order valence-corrected chi connectivity index (χ4v) is 7.67. The monoisotopic (exact) mass is 797 g/mol. The molecule has 3 N–H and O–H groups in total. The Labute approximate surface area is 231 Å². The molecule has 0 radical (unpaired) electrons. The maximum absolute atomic E-state index is 13.1. The van der Waals surface area contributed by atoms with E-state index in [1.54, 1.807) is 0 Å². The van der Waals surface area contributed by atoms with Crippen molar-refractivity contribution < 1.29 is 33.5 Å². The molecule has 1 unspecified atom stereocenters. The van der Waals surface area contributed by atoms with E-state index in [9.17, 15) is 28.8 Å². The molecule has 13 heteroatoms. The molecular weight excluding hydrogens is 775 g/mol. The number of benzene rings is 1. The lowest BCUT2D eigenvalue weighted by Gasteiger charge is -2.24. The number of carbonyl (C=O) groups is 6. The van der Waals surface area contributed by atoms with E-state index in [0.29, 0.717) is 7.14 Å². The molecule has 0 aliphatic heterocycles. The highest BCUT2D eigenvalue weighted by Crippen LogP contribution is 2.37. The summed E-state index contributed by atoms with van der Waals surface area (Å²) in [6.45, 7) is 3.26. The van der Waals surface area contributed by atoms with Crippen LogP contribution in [-0.2, 0) is 23.9 Å². The van der Waals surface area contributed by atoms with Crippen LogP contribution in [0.25, 0.3) is 0 Å². The smallest absolute Gasteiger partial charge is 0.303 e. The maximum atomic E-state index is 13.1. The Balaban J connectivity index is 3.48. The van der Waals surface area contributed by atoms with Gasteiger partial charge in [0.05, 0.1) is 24.0 Å². The minimum absolute atomic E-state index is 0.0122. The molecule has 33 heavy (non-hydrogen) atoms. The summed E-state index contributed by atoms with van der Waals surface area (Å²) in [5.41, 5.74) is 5.95. The summed E-state index contributed by atoms with van der Waals surface area (Å²) >= 11 is 5.58. The second-order valence-electron chi connectivity index (χ2n) is 7.06. The molecule has 0 spiro atoms. The minimum Gasteiger partial charge on any atom is -0.456 e. The maximum Gasteiger partial charge on any atom is 0.303 e. The largest absolute Gasteiger partial charge is 0.456 e. The van der Waals surface area contributed by atoms with Crippen LogP contribution >= 0.6 is 67.8 Å². The first kappa shape index (κ1) is 29.7. The van der Waals surface area contributed by atoms with E-state index in [4.69, 9.17) is 10.5 Å². The Hall–Kier alpha value is -1.37. The van der Waals surface area contributed by atoms with Crippen molar-refractivity contribution in [3.63, 3.8) is 0 Å². The molecule has 3 amide bonds. The van der Waals surface area contributed by atoms with Crippen LogP contribution in [0.1, 0.15) is 47.9 Å². The van der Waals surface area contributed by atoms with Gasteiger partial charge in [0.25, 0.3) is 17.7 Å². The number of nitrogens with one attached hydrogen (secondary N) is 1. The van der Waals surface area contributed by atoms with E-state index in [-0.39, 0.29) is 44.9 Å². The number of ether oxygens (including phenoxy) is 1. The molecule has 0 bridgehead atoms. The van der Waals surface area contributed by atoms with Crippen molar-refractivity contribution in [2.75, 3.05) is 25.1 Å². The number of halogens is 3. The normalized spacial score (nSPS) is 11.4. The molecule has 0 heterocycles. The lowest BCUT2D eigenvalue weighted by atomic mass is 9.98. The number of anilines is 1. The molecular formula is C20H22I3N3O7. The third-order valence-corrected chi connectivity index (χ3v) is 7.67. The molecule has 0 aromatic heterocycles. The third kappa shape index (κ3) is 7.83. The number of nitrogens with two attached hydrogens (primary N) is 1. The molecule has 1 aromatic carbocycles. The van der Waals surface area contributed by atoms with Crippen molar-refractivity contribution in [3.8, 4) is 0 Å². The van der Waals surface area contributed by atoms with Gasteiger partial charge in [0.2, 0.25) is 0 Å². The topological polar surface area (TPSA) is 153 Å². The summed E-state index contributed by atoms with van der Waals surface area (Å²) in [6, 6.07) is 0. The Bertz CT molecular complexity index is 1030. The van der Waals surface area contributed by atoms with Crippen molar-refractivity contribution in [3.05, 3.63) is 21.8 Å². The number of rotatable bonds is 10. The van der Waals surface area contributed by atoms with Gasteiger partial charge in [-0.25, -0.2) is 0 Å². The van der Waals surface area contributed by atoms with E-state index in [0.717, 1.165) is 0 Å². The van der Waals surface area contributed by atoms with Gasteiger partial charge in [-0.2, -0.15) is 0 Å². The van der Waals surface area contributed by atoms with Crippen molar-refractivity contribution in [2.24, 2.45) is 11.7 Å². The highest BCUT2D eigenvalue weighted by Gasteiger charge is 2.30. The average molecular weight is 797 g/mol. The van der Waals surface area contributed by atoms with Crippen LogP contribution < -0.4 is 16.0 Å². The summed E-state index contributed by atoms with van der Waals surface area (Å²) in [6.07, 6.45) is -0.0122. The van der Waals surface area contributed by atoms with Crippen LogP contribution in [0.4, 0.5) is 5.69 Å². The first-order valence-electron chi connectivity index (χ1n) is 9.38. The molecule has 0 aliphatic carbocycles. The van der Waals surface area contributed by atoms with Crippen LogP contribution in [0.15, 0.2) is 0 Å². The lowest BCUT2D eigenvalue weighted by Crippen LogP contribution is -2.36. The predicted octanol–water partition coefficient (Wildman–Crippen LogP) is 2.04. The Morgan fingerprint density at radius 2 is 1.52 bits per heavy atom. The van der Waals surface area contributed by atoms with Crippen molar-refractivity contribution in [1.82, 2.24) is 5.32 Å². The highest BCUT2D eigenvalue weighted by molar-refractivity contribution is 14.1. The van der Waals surface area contributed by atoms with E-state index in [1.165, 1.54) is 32.7 Å². The zero-order valence-corrected chi connectivity index (χ0v) is 24.7. The van der Waals surface area contributed by atoms with Gasteiger partial charge in [-0.15, -0.1) is 0 Å². The summed E-state index contributed by atoms with van der Waals surface area (Å²) in [5, 5.41) is 2.64. The fraction of sp³-hybridized carbons (Fsp3) is 0.400. The van der Waals surface area contributed by atoms with Gasteiger partial charge in [0.15, 0.2) is 6.61 Å². The molecule has 0 saturated carbocycles. The number of nitrogens with zero attached hydrogens (tertiary/aromatic N) is 1. The second-order valence-corrected chi connectivity index (χ2v) is 10.3. The van der Waals surface area contributed by atoms with Gasteiger partial charge in [0.1, 0.15) is 11.6 Å². The highest BCUT2D eigenvalue weighted by atomic mass is 127. The molecule has 0 saturated heterocycles. The van der Waals surface area contributed by atoms with E-state index >= 15 is 0 Å². The van der Waals surface area contributed by atoms with Crippen molar-refractivity contribution >= 4 is 109 Å². The number of Topliss-reactive ketones (excluding diaryl/α,β-unsaturated/α-hetero) is 2. The number of hydrogen-bond acceptors (Lipinski definition) is 7. The van der Waals surface area contributed by atoms with Crippen molar-refractivity contribution in [2.45, 2.75) is 27.2 Å². The molecule has 0 aliphatic rings. The minimum atomic E-state index is -0.797. The van der Waals surface area contributed by atoms with Gasteiger partial charge in [-0.05, 0) is 81.6 Å². The standard InChI is InChI=1S/C20H22I3N3O7/c1-8(27)5-11(9(2)28)6-25-20(32)14-15(21)13(19(24)31)16(22)18(17(14)23)26(4)12(30)7-33-10(3)29/h11H,5-7H2,1-4H3,(H2,24,31)(H,25,32). The van der Waals surface area contributed by atoms with E-state index < -0.39 is 36.2 Å². The average Bonchev–Trinajstić information content (AvgIpc) is 2.68. The van der Waals surface area contributed by atoms with Crippen molar-refractivity contribution in [1.29, 1.82) is 0 Å². The molecule has 1 rings (SSSR count). The van der Waals surface area contributed by atoms with Gasteiger partial charge < -0.3 is 25.5 Å². The number of ketones is 2. The predicted molar refractivity (Wildman–Crippen MR) is 145 cm³/mol. The Morgan fingerprint density at radius 1 is 0.970 bits per heavy atom. The van der Waals surface area contributed by atoms with Crippen LogP contribution in [0.3, 0.4) is 0 Å². The number of carbonyl (C=O) groups excluding carboxylic acids is 6. The number of hydrogen-bond donors (Lipinski definition) is 2. The third-order valence-electron chi connectivity index (χ3n) is 4.49. The quantitative estimate of drug-likeness (QED) is 0.272. The van der Waals surface area contributed by atoms with Crippen LogP contribution in [0, 0.1) is 16.6 Å². The fourth-order valence-electron chi connectivity index (χ4n) is 2.76. The van der Waals surface area contributed by atoms with E-state index in [1.807, 2.05) is 67.8 Å². The second kappa shape index (κ2) is 12.9. The summed E-state index contributed by atoms with van der Waals surface area (Å²) in [4.78, 5) is 73.3. The van der Waals surface area contributed by atoms with Gasteiger partial charge in [-0.1, -0.05) is 0 Å². The Morgan fingerprint density at radius 3 is 1.97 bits per heavy atom. The number of likely N-dealkylation sites (N-methyl/N-ethyl adjacent to an activating group) is 1. The molecule has 10 nitrogen and oxygen atoms in total. The molecule has 1 aromatic rings. The summed E-state index contributed by atoms with van der Waals surface area (Å²) in [5.74, 6) is -3.72. The molecule has 1 atom stereocenters. The zero-order chi connectivity index (χ0) is 25.6. The van der Waals surface area contributed by atoms with Crippen LogP contribution in [-0.4, -0.2) is 55.5 Å². The zero-order valence-electron chi connectivity index (χ0n) is 18.2. The first-order valence-corrected chi connectivity index (χ1v) is 12.6. The van der Waals surface area contributed by atoms with Gasteiger partial charge in [-0.3, -0.25) is 24.0 Å². The number of amides is 3. The molecule has 0 fully saturated rings. The van der Waals surface area contributed by atoms with Crippen LogP contribution in [0.2, 0.25) is 0 Å². The number of primary amides is 1. The van der Waals surface area contributed by atoms with E-state index in [2.05, 4.69) is 5.32 Å². The lowest BCUT2D eigenvalue weighted by molar-refractivity contribution is -0.145. The van der Waals surface area contributed by atoms with Gasteiger partial charge in [0, 0.05) is 36.4 Å². The summed E-state index contributed by atoms with van der Waals surface area (Å²) < 4.78 is 5.74. The first-order chi connectivity index (χ1) is 15.2. The van der Waals surface area contributed by atoms with Crippen LogP contribution in [0.5, 0.6) is 0 Å². The Kier molecular flexibility index (Phi) is 11.6.